The van der Waals surface area contributed by atoms with E-state index in [-0.39, 0.29) is 18.6 Å². The Bertz CT molecular complexity index is 312. The van der Waals surface area contributed by atoms with Crippen molar-refractivity contribution in [3.8, 4) is 0 Å². The largest absolute Gasteiger partial charge is 0.481 e. The molecule has 2 N–H and O–H groups in total. The van der Waals surface area contributed by atoms with Crippen LogP contribution in [0.3, 0.4) is 0 Å². The Morgan fingerprint density at radius 1 is 0.476 bits per heavy atom. The number of Topliss-reactive ketones (excluding diaryl/α,β-unsaturated/α-hetero) is 1. The molecule has 0 radical (unpaired) electrons. The van der Waals surface area contributed by atoms with Crippen LogP contribution >= 0.6 is 0 Å². The predicted molar refractivity (Wildman–Crippen MR) is 80.3 cm³/mol. The summed E-state index contributed by atoms with van der Waals surface area (Å²) in [6.07, 6.45) is 9.71. The Morgan fingerprint density at radius 2 is 0.762 bits per heavy atom. The zero-order valence-corrected chi connectivity index (χ0v) is 12.8. The number of carboxylic acid groups (broad SMARTS) is 2. The van der Waals surface area contributed by atoms with E-state index in [2.05, 4.69) is 0 Å². The number of aliphatic carboxylic acids is 2. The maximum absolute atomic E-state index is 11.5. The normalized spacial score (nSPS) is 10.5. The summed E-state index contributed by atoms with van der Waals surface area (Å²) < 4.78 is 0. The molecule has 0 fully saturated rings. The molecule has 5 nitrogen and oxygen atoms in total. The summed E-state index contributed by atoms with van der Waals surface area (Å²) in [5.41, 5.74) is 0. The fourth-order valence-electron chi connectivity index (χ4n) is 2.21. The van der Waals surface area contributed by atoms with Gasteiger partial charge in [-0.2, -0.15) is 0 Å². The Labute approximate surface area is 126 Å². The third-order valence-corrected chi connectivity index (χ3v) is 3.44. The molecular weight excluding hydrogens is 272 g/mol. The van der Waals surface area contributed by atoms with Crippen molar-refractivity contribution >= 4 is 17.7 Å². The van der Waals surface area contributed by atoms with Crippen molar-refractivity contribution < 1.29 is 24.6 Å². The number of carbonyl (C=O) groups excluding carboxylic acids is 1. The number of ketones is 1. The first-order chi connectivity index (χ1) is 10.0. The SMILES string of the molecule is O=C(O)CCCCCCCCCC(=O)CCCCC(=O)O. The molecule has 0 unspecified atom stereocenters. The molecule has 0 spiro atoms. The third-order valence-electron chi connectivity index (χ3n) is 3.44. The van der Waals surface area contributed by atoms with Crippen molar-refractivity contribution in [2.75, 3.05) is 0 Å². The monoisotopic (exact) mass is 300 g/mol. The maximum atomic E-state index is 11.5. The van der Waals surface area contributed by atoms with Gasteiger partial charge in [0.2, 0.25) is 0 Å². The van der Waals surface area contributed by atoms with Crippen molar-refractivity contribution in [3.63, 3.8) is 0 Å². The van der Waals surface area contributed by atoms with E-state index >= 15 is 0 Å². The van der Waals surface area contributed by atoms with E-state index in [0.29, 0.717) is 25.7 Å². The molecule has 0 heterocycles. The zero-order valence-electron chi connectivity index (χ0n) is 12.8. The van der Waals surface area contributed by atoms with Crippen LogP contribution in [0.1, 0.15) is 83.5 Å². The van der Waals surface area contributed by atoms with E-state index < -0.39 is 11.9 Å². The third kappa shape index (κ3) is 16.6. The average molecular weight is 300 g/mol. The van der Waals surface area contributed by atoms with Gasteiger partial charge in [0.15, 0.2) is 0 Å². The van der Waals surface area contributed by atoms with Gasteiger partial charge in [0, 0.05) is 25.7 Å². The van der Waals surface area contributed by atoms with Crippen molar-refractivity contribution in [3.05, 3.63) is 0 Å². The van der Waals surface area contributed by atoms with Crippen LogP contribution in [-0.2, 0) is 14.4 Å². The standard InChI is InChI=1S/C16H28O5/c17-14(11-8-9-13-16(20)21)10-6-4-2-1-3-5-7-12-15(18)19/h1-13H2,(H,18,19)(H,20,21). The summed E-state index contributed by atoms with van der Waals surface area (Å²) in [5.74, 6) is -1.29. The first-order valence-electron chi connectivity index (χ1n) is 7.97. The van der Waals surface area contributed by atoms with Gasteiger partial charge in [0.25, 0.3) is 0 Å². The molecule has 0 bridgehead atoms. The van der Waals surface area contributed by atoms with Crippen LogP contribution in [-0.4, -0.2) is 27.9 Å². The molecule has 0 saturated carbocycles. The Balaban J connectivity index is 3.21. The number of rotatable bonds is 15. The second-order valence-electron chi connectivity index (χ2n) is 5.51. The van der Waals surface area contributed by atoms with Crippen molar-refractivity contribution in [1.29, 1.82) is 0 Å². The summed E-state index contributed by atoms with van der Waals surface area (Å²) >= 11 is 0. The van der Waals surface area contributed by atoms with Crippen molar-refractivity contribution in [2.45, 2.75) is 83.5 Å². The lowest BCUT2D eigenvalue weighted by atomic mass is 10.0. The van der Waals surface area contributed by atoms with E-state index in [4.69, 9.17) is 10.2 Å². The molecule has 0 aliphatic rings. The second-order valence-corrected chi connectivity index (χ2v) is 5.51. The first-order valence-corrected chi connectivity index (χ1v) is 7.97. The molecule has 0 aromatic heterocycles. The van der Waals surface area contributed by atoms with Gasteiger partial charge in [0.1, 0.15) is 5.78 Å². The highest BCUT2D eigenvalue weighted by Crippen LogP contribution is 2.11. The molecule has 0 aromatic carbocycles. The van der Waals surface area contributed by atoms with Crippen LogP contribution in [0, 0.1) is 0 Å². The molecule has 0 aromatic rings. The van der Waals surface area contributed by atoms with Gasteiger partial charge in [-0.3, -0.25) is 14.4 Å². The summed E-state index contributed by atoms with van der Waals surface area (Å²) in [7, 11) is 0. The van der Waals surface area contributed by atoms with Crippen LogP contribution in [0.25, 0.3) is 0 Å². The highest BCUT2D eigenvalue weighted by molar-refractivity contribution is 5.78. The molecule has 122 valence electrons. The molecule has 0 amide bonds. The highest BCUT2D eigenvalue weighted by Gasteiger charge is 2.03. The first kappa shape index (κ1) is 19.6. The van der Waals surface area contributed by atoms with E-state index in [9.17, 15) is 14.4 Å². The summed E-state index contributed by atoms with van der Waals surface area (Å²) in [6.45, 7) is 0. The zero-order chi connectivity index (χ0) is 15.9. The molecule has 0 atom stereocenters. The van der Waals surface area contributed by atoms with Crippen LogP contribution in [0.15, 0.2) is 0 Å². The Hall–Kier alpha value is -1.39. The minimum atomic E-state index is -0.800. The lowest BCUT2D eigenvalue weighted by molar-refractivity contribution is -0.138. The number of carboxylic acids is 2. The van der Waals surface area contributed by atoms with Gasteiger partial charge in [-0.15, -0.1) is 0 Å². The van der Waals surface area contributed by atoms with E-state index in [1.165, 1.54) is 0 Å². The maximum Gasteiger partial charge on any atom is 0.303 e. The van der Waals surface area contributed by atoms with Gasteiger partial charge in [-0.25, -0.2) is 0 Å². The highest BCUT2D eigenvalue weighted by atomic mass is 16.4. The Morgan fingerprint density at radius 3 is 1.19 bits per heavy atom. The number of hydrogen-bond donors (Lipinski definition) is 2. The summed E-state index contributed by atoms with van der Waals surface area (Å²) in [4.78, 5) is 32.1. The van der Waals surface area contributed by atoms with Crippen LogP contribution < -0.4 is 0 Å². The molecule has 0 aliphatic carbocycles. The number of unbranched alkanes of at least 4 members (excludes halogenated alkanes) is 7. The topological polar surface area (TPSA) is 91.7 Å². The fraction of sp³-hybridized carbons (Fsp3) is 0.812. The average Bonchev–Trinajstić information content (AvgIpc) is 2.41. The fourth-order valence-corrected chi connectivity index (χ4v) is 2.21. The molecule has 0 aliphatic heterocycles. The van der Waals surface area contributed by atoms with Gasteiger partial charge in [-0.1, -0.05) is 32.1 Å². The van der Waals surface area contributed by atoms with Gasteiger partial charge < -0.3 is 10.2 Å². The molecular formula is C16H28O5. The smallest absolute Gasteiger partial charge is 0.303 e. The molecule has 0 saturated heterocycles. The summed E-state index contributed by atoms with van der Waals surface area (Å²) in [6, 6.07) is 0. The van der Waals surface area contributed by atoms with Crippen LogP contribution in [0.5, 0.6) is 0 Å². The van der Waals surface area contributed by atoms with E-state index in [1.807, 2.05) is 0 Å². The molecule has 21 heavy (non-hydrogen) atoms. The quantitative estimate of drug-likeness (QED) is 0.449. The minimum absolute atomic E-state index is 0.148. The molecule has 0 rings (SSSR count). The van der Waals surface area contributed by atoms with Crippen LogP contribution in [0.4, 0.5) is 0 Å². The molecule has 5 heteroatoms. The van der Waals surface area contributed by atoms with Gasteiger partial charge in [-0.05, 0) is 25.7 Å². The summed E-state index contributed by atoms with van der Waals surface area (Å²) in [5, 5.41) is 17.0. The van der Waals surface area contributed by atoms with Gasteiger partial charge in [0.05, 0.1) is 0 Å². The minimum Gasteiger partial charge on any atom is -0.481 e. The Kier molecular flexibility index (Phi) is 12.7. The van der Waals surface area contributed by atoms with E-state index in [0.717, 1.165) is 44.9 Å². The van der Waals surface area contributed by atoms with Crippen molar-refractivity contribution in [2.24, 2.45) is 0 Å². The number of hydrogen-bond acceptors (Lipinski definition) is 3. The lowest BCUT2D eigenvalue weighted by Crippen LogP contribution is -1.99. The van der Waals surface area contributed by atoms with E-state index in [1.54, 1.807) is 0 Å². The van der Waals surface area contributed by atoms with Crippen molar-refractivity contribution in [1.82, 2.24) is 0 Å². The lowest BCUT2D eigenvalue weighted by Gasteiger charge is -2.02. The van der Waals surface area contributed by atoms with Crippen LogP contribution in [0.2, 0.25) is 0 Å². The van der Waals surface area contributed by atoms with Gasteiger partial charge >= 0.3 is 11.9 Å². The predicted octanol–water partition coefficient (Wildman–Crippen LogP) is 3.80. The number of carbonyl (C=O) groups is 3. The second kappa shape index (κ2) is 13.6.